The summed E-state index contributed by atoms with van der Waals surface area (Å²) in [5.74, 6) is -2.03. The van der Waals surface area contributed by atoms with Crippen LogP contribution in [0.4, 0.5) is 11.4 Å². The third-order valence-corrected chi connectivity index (χ3v) is 7.79. The van der Waals surface area contributed by atoms with Crippen molar-refractivity contribution in [3.8, 4) is 0 Å². The zero-order valence-electron chi connectivity index (χ0n) is 25.5. The maximum Gasteiger partial charge on any atom is 0.313 e. The molecule has 2 atom stereocenters. The van der Waals surface area contributed by atoms with E-state index in [2.05, 4.69) is 0 Å². The van der Waals surface area contributed by atoms with Crippen LogP contribution >= 0.6 is 0 Å². The number of hydrogen-bond donors (Lipinski definition) is 0. The van der Waals surface area contributed by atoms with Crippen LogP contribution in [0.5, 0.6) is 0 Å². The first-order valence-corrected chi connectivity index (χ1v) is 13.9. The van der Waals surface area contributed by atoms with Crippen molar-refractivity contribution < 1.29 is 23.9 Å². The number of ether oxygens (including phenoxy) is 1. The predicted molar refractivity (Wildman–Crippen MR) is 163 cm³/mol. The average molecular weight is 570 g/mol. The van der Waals surface area contributed by atoms with E-state index in [1.165, 1.54) is 7.11 Å². The van der Waals surface area contributed by atoms with Crippen molar-refractivity contribution in [2.45, 2.75) is 46.7 Å². The molecule has 0 unspecified atom stereocenters. The number of carbonyl (C=O) groups is 4. The number of benzene rings is 3. The van der Waals surface area contributed by atoms with Gasteiger partial charge in [-0.25, -0.2) is 0 Å². The third kappa shape index (κ3) is 5.41. The zero-order valence-corrected chi connectivity index (χ0v) is 25.5. The van der Waals surface area contributed by atoms with Crippen LogP contribution in [-0.2, 0) is 14.3 Å². The van der Waals surface area contributed by atoms with Crippen molar-refractivity contribution >= 4 is 35.1 Å². The van der Waals surface area contributed by atoms with E-state index < -0.39 is 46.6 Å². The zero-order chi connectivity index (χ0) is 31.0. The van der Waals surface area contributed by atoms with Gasteiger partial charge in [0.25, 0.3) is 17.7 Å². The highest BCUT2D eigenvalue weighted by Gasteiger charge is 2.52. The molecule has 220 valence electrons. The first-order valence-electron chi connectivity index (χ1n) is 13.9. The molecule has 0 saturated heterocycles. The van der Waals surface area contributed by atoms with Gasteiger partial charge in [0.15, 0.2) is 0 Å². The monoisotopic (exact) mass is 569 g/mol. The van der Waals surface area contributed by atoms with Gasteiger partial charge in [0.2, 0.25) is 0 Å². The van der Waals surface area contributed by atoms with Gasteiger partial charge in [-0.05, 0) is 61.2 Å². The van der Waals surface area contributed by atoms with Crippen molar-refractivity contribution in [1.29, 1.82) is 0 Å². The maximum absolute atomic E-state index is 15.1. The quantitative estimate of drug-likeness (QED) is 0.254. The summed E-state index contributed by atoms with van der Waals surface area (Å²) < 4.78 is 5.25. The smallest absolute Gasteiger partial charge is 0.313 e. The highest BCUT2D eigenvalue weighted by atomic mass is 16.5. The minimum atomic E-state index is -1.23. The number of methoxy groups -OCH3 is 1. The molecule has 0 aromatic heterocycles. The number of esters is 1. The summed E-state index contributed by atoms with van der Waals surface area (Å²) in [6, 6.07) is 21.2. The SMILES string of the molecule is COC(=O)C(C)(C)[C@H](c1ccc(N(C)C)cc1)N(C(=O)[C@@H](N1C(=O)c2ccccc2C1=O)C(C)(C)C)c1ccccc1. The highest BCUT2D eigenvalue weighted by molar-refractivity contribution is 6.23. The fourth-order valence-electron chi connectivity index (χ4n) is 5.65. The molecule has 4 rings (SSSR count). The number of para-hydroxylation sites is 1. The van der Waals surface area contributed by atoms with Crippen molar-refractivity contribution in [2.24, 2.45) is 10.8 Å². The number of amides is 3. The number of rotatable bonds is 8. The van der Waals surface area contributed by atoms with Gasteiger partial charge in [-0.1, -0.05) is 63.2 Å². The lowest BCUT2D eigenvalue weighted by molar-refractivity contribution is -0.152. The lowest BCUT2D eigenvalue weighted by Crippen LogP contribution is -2.59. The second-order valence-electron chi connectivity index (χ2n) is 12.4. The topological polar surface area (TPSA) is 87.2 Å². The summed E-state index contributed by atoms with van der Waals surface area (Å²) in [7, 11) is 5.18. The van der Waals surface area contributed by atoms with Crippen LogP contribution in [0.2, 0.25) is 0 Å². The molecule has 0 fully saturated rings. The largest absolute Gasteiger partial charge is 0.469 e. The minimum Gasteiger partial charge on any atom is -0.469 e. The Labute approximate surface area is 247 Å². The first kappa shape index (κ1) is 30.5. The third-order valence-electron chi connectivity index (χ3n) is 7.79. The number of carbonyl (C=O) groups excluding carboxylic acids is 4. The molecule has 3 aromatic rings. The highest BCUT2D eigenvalue weighted by Crippen LogP contribution is 2.44. The van der Waals surface area contributed by atoms with Gasteiger partial charge in [-0.3, -0.25) is 24.1 Å². The molecule has 8 heteroatoms. The molecular weight excluding hydrogens is 530 g/mol. The van der Waals surface area contributed by atoms with Gasteiger partial charge < -0.3 is 14.5 Å². The molecule has 8 nitrogen and oxygen atoms in total. The second kappa shape index (κ2) is 11.4. The van der Waals surface area contributed by atoms with Crippen LogP contribution in [0.1, 0.15) is 66.9 Å². The molecule has 3 aromatic carbocycles. The van der Waals surface area contributed by atoms with Crippen molar-refractivity contribution in [1.82, 2.24) is 4.90 Å². The molecule has 0 aliphatic carbocycles. The summed E-state index contributed by atoms with van der Waals surface area (Å²) in [6.07, 6.45) is 0. The Hall–Kier alpha value is -4.46. The number of nitrogens with zero attached hydrogens (tertiary/aromatic N) is 3. The average Bonchev–Trinajstić information content (AvgIpc) is 3.20. The van der Waals surface area contributed by atoms with Gasteiger partial charge in [0.05, 0.1) is 29.7 Å². The summed E-state index contributed by atoms with van der Waals surface area (Å²) in [4.78, 5) is 60.5. The fraction of sp³-hybridized carbons (Fsp3) is 0.353. The van der Waals surface area contributed by atoms with Crippen LogP contribution < -0.4 is 9.80 Å². The van der Waals surface area contributed by atoms with Crippen LogP contribution in [0.3, 0.4) is 0 Å². The molecule has 0 radical (unpaired) electrons. The standard InChI is InChI=1S/C34H39N3O5/c1-33(2,3)28(37-29(38)25-16-12-13-17-26(25)30(37)39)31(40)36(24-14-10-9-11-15-24)27(34(4,5)32(41)42-8)22-18-20-23(21-19-22)35(6)7/h9-21,27-28H,1-8H3/t27-,28+/m0/s1. The van der Waals surface area contributed by atoms with E-state index in [0.29, 0.717) is 11.3 Å². The molecular formula is C34H39N3O5. The van der Waals surface area contributed by atoms with Crippen LogP contribution in [0, 0.1) is 10.8 Å². The van der Waals surface area contributed by atoms with E-state index in [4.69, 9.17) is 4.74 Å². The Bertz CT molecular complexity index is 1450. The van der Waals surface area contributed by atoms with Gasteiger partial charge in [-0.15, -0.1) is 0 Å². The van der Waals surface area contributed by atoms with Crippen molar-refractivity contribution in [2.75, 3.05) is 31.0 Å². The van der Waals surface area contributed by atoms with E-state index in [1.807, 2.05) is 70.1 Å². The van der Waals surface area contributed by atoms with E-state index >= 15 is 4.79 Å². The molecule has 0 N–H and O–H groups in total. The van der Waals surface area contributed by atoms with Crippen LogP contribution in [0.15, 0.2) is 78.9 Å². The molecule has 1 heterocycles. The second-order valence-corrected chi connectivity index (χ2v) is 12.4. The molecule has 42 heavy (non-hydrogen) atoms. The summed E-state index contributed by atoms with van der Waals surface area (Å²) >= 11 is 0. The summed E-state index contributed by atoms with van der Waals surface area (Å²) in [5, 5.41) is 0. The minimum absolute atomic E-state index is 0.265. The van der Waals surface area contributed by atoms with Gasteiger partial charge in [-0.2, -0.15) is 0 Å². The van der Waals surface area contributed by atoms with Crippen LogP contribution in [-0.4, -0.2) is 55.8 Å². The predicted octanol–water partition coefficient (Wildman–Crippen LogP) is 5.74. The van der Waals surface area contributed by atoms with E-state index in [9.17, 15) is 14.4 Å². The Morgan fingerprint density at radius 1 is 0.738 bits per heavy atom. The van der Waals surface area contributed by atoms with Gasteiger partial charge in [0, 0.05) is 25.5 Å². The van der Waals surface area contributed by atoms with Gasteiger partial charge in [0.1, 0.15) is 6.04 Å². The normalized spacial score (nSPS) is 14.7. The molecule has 0 spiro atoms. The first-order chi connectivity index (χ1) is 19.7. The number of hydrogen-bond acceptors (Lipinski definition) is 6. The molecule has 0 bridgehead atoms. The Kier molecular flexibility index (Phi) is 8.30. The van der Waals surface area contributed by atoms with E-state index in [0.717, 1.165) is 10.6 Å². The van der Waals surface area contributed by atoms with Crippen molar-refractivity contribution in [3.05, 3.63) is 95.6 Å². The number of fused-ring (bicyclic) bond motifs is 1. The Morgan fingerprint density at radius 3 is 1.69 bits per heavy atom. The molecule has 3 amide bonds. The van der Waals surface area contributed by atoms with E-state index in [1.54, 1.807) is 67.3 Å². The van der Waals surface area contributed by atoms with Crippen LogP contribution in [0.25, 0.3) is 0 Å². The summed E-state index contributed by atoms with van der Waals surface area (Å²) in [6.45, 7) is 8.96. The molecule has 0 saturated carbocycles. The molecule has 1 aliphatic heterocycles. The molecule has 1 aliphatic rings. The number of imide groups is 1. The van der Waals surface area contributed by atoms with Gasteiger partial charge >= 0.3 is 5.97 Å². The number of anilines is 2. The lowest BCUT2D eigenvalue weighted by Gasteiger charge is -2.45. The maximum atomic E-state index is 15.1. The summed E-state index contributed by atoms with van der Waals surface area (Å²) in [5.41, 5.74) is 0.610. The Morgan fingerprint density at radius 2 is 1.24 bits per heavy atom. The fourth-order valence-corrected chi connectivity index (χ4v) is 5.65. The van der Waals surface area contributed by atoms with Crippen molar-refractivity contribution in [3.63, 3.8) is 0 Å². The lowest BCUT2D eigenvalue weighted by atomic mass is 9.77. The van der Waals surface area contributed by atoms with E-state index in [-0.39, 0.29) is 11.1 Å². The Balaban J connectivity index is 1.96.